The summed E-state index contributed by atoms with van der Waals surface area (Å²) in [5, 5.41) is 16.5. The SMILES string of the molecule is CS(=O)(=O)c1cnn([C@@H]2CNC[C@H]2O)c1. The number of β-amino-alcohol motifs (C(OH)–C–C–N with tert-alkyl or cyclic N) is 1. The number of hydrogen-bond donors (Lipinski definition) is 2. The van der Waals surface area contributed by atoms with E-state index in [9.17, 15) is 13.5 Å². The molecule has 1 aliphatic rings. The van der Waals surface area contributed by atoms with Crippen LogP contribution in [0.15, 0.2) is 17.3 Å². The van der Waals surface area contributed by atoms with Crippen molar-refractivity contribution in [3.05, 3.63) is 12.4 Å². The highest BCUT2D eigenvalue weighted by atomic mass is 32.2. The molecule has 1 aromatic heterocycles. The van der Waals surface area contributed by atoms with E-state index in [1.54, 1.807) is 0 Å². The van der Waals surface area contributed by atoms with Gasteiger partial charge in [0.1, 0.15) is 4.90 Å². The maximum atomic E-state index is 11.2. The first kappa shape index (κ1) is 10.6. The quantitative estimate of drug-likeness (QED) is 0.667. The van der Waals surface area contributed by atoms with E-state index >= 15 is 0 Å². The Hall–Kier alpha value is -0.920. The van der Waals surface area contributed by atoms with E-state index in [0.717, 1.165) is 6.26 Å². The maximum absolute atomic E-state index is 11.2. The van der Waals surface area contributed by atoms with Crippen LogP contribution >= 0.6 is 0 Å². The number of nitrogens with one attached hydrogen (secondary N) is 1. The van der Waals surface area contributed by atoms with Gasteiger partial charge >= 0.3 is 0 Å². The second-order valence-electron chi connectivity index (χ2n) is 3.72. The number of nitrogens with zero attached hydrogens (tertiary/aromatic N) is 2. The molecule has 0 radical (unpaired) electrons. The first-order valence-electron chi connectivity index (χ1n) is 4.61. The van der Waals surface area contributed by atoms with Crippen molar-refractivity contribution < 1.29 is 13.5 Å². The maximum Gasteiger partial charge on any atom is 0.178 e. The van der Waals surface area contributed by atoms with Crippen molar-refractivity contribution in [2.24, 2.45) is 0 Å². The third-order valence-electron chi connectivity index (χ3n) is 2.50. The van der Waals surface area contributed by atoms with E-state index in [1.807, 2.05) is 0 Å². The molecule has 0 amide bonds. The molecule has 0 spiro atoms. The Morgan fingerprint density at radius 2 is 2.33 bits per heavy atom. The van der Waals surface area contributed by atoms with Gasteiger partial charge in [0.15, 0.2) is 9.84 Å². The lowest BCUT2D eigenvalue weighted by Gasteiger charge is -2.13. The van der Waals surface area contributed by atoms with Crippen molar-refractivity contribution >= 4 is 9.84 Å². The average Bonchev–Trinajstić information content (AvgIpc) is 2.69. The van der Waals surface area contributed by atoms with Crippen LogP contribution in [0.2, 0.25) is 0 Å². The van der Waals surface area contributed by atoms with Crippen LogP contribution in [0.4, 0.5) is 0 Å². The highest BCUT2D eigenvalue weighted by Crippen LogP contribution is 2.17. The van der Waals surface area contributed by atoms with E-state index in [4.69, 9.17) is 0 Å². The van der Waals surface area contributed by atoms with Gasteiger partial charge in [0.2, 0.25) is 0 Å². The molecule has 0 aliphatic carbocycles. The van der Waals surface area contributed by atoms with Crippen molar-refractivity contribution in [1.29, 1.82) is 0 Å². The van der Waals surface area contributed by atoms with Crippen molar-refractivity contribution in [2.75, 3.05) is 19.3 Å². The predicted molar refractivity (Wildman–Crippen MR) is 53.3 cm³/mol. The fraction of sp³-hybridized carbons (Fsp3) is 0.625. The highest BCUT2D eigenvalue weighted by molar-refractivity contribution is 7.90. The number of sulfone groups is 1. The summed E-state index contributed by atoms with van der Waals surface area (Å²) < 4.78 is 23.9. The van der Waals surface area contributed by atoms with Gasteiger partial charge in [-0.15, -0.1) is 0 Å². The fourth-order valence-electron chi connectivity index (χ4n) is 1.61. The topological polar surface area (TPSA) is 84.2 Å². The number of aliphatic hydroxyl groups is 1. The third kappa shape index (κ3) is 2.04. The Kier molecular flexibility index (Phi) is 2.53. The van der Waals surface area contributed by atoms with Crippen LogP contribution in [-0.2, 0) is 9.84 Å². The second kappa shape index (κ2) is 3.58. The molecule has 1 saturated heterocycles. The highest BCUT2D eigenvalue weighted by Gasteiger charge is 2.27. The summed E-state index contributed by atoms with van der Waals surface area (Å²) in [7, 11) is -3.21. The van der Waals surface area contributed by atoms with Gasteiger partial charge in [-0.2, -0.15) is 5.10 Å². The van der Waals surface area contributed by atoms with Crippen LogP contribution < -0.4 is 5.32 Å². The summed E-state index contributed by atoms with van der Waals surface area (Å²) in [6.07, 6.45) is 3.38. The van der Waals surface area contributed by atoms with Crippen molar-refractivity contribution in [3.8, 4) is 0 Å². The van der Waals surface area contributed by atoms with Crippen molar-refractivity contribution in [2.45, 2.75) is 17.0 Å². The van der Waals surface area contributed by atoms with Gasteiger partial charge < -0.3 is 10.4 Å². The average molecular weight is 231 g/mol. The van der Waals surface area contributed by atoms with E-state index in [0.29, 0.717) is 13.1 Å². The molecule has 0 unspecified atom stereocenters. The number of hydrogen-bond acceptors (Lipinski definition) is 5. The molecule has 0 aromatic carbocycles. The third-order valence-corrected chi connectivity index (χ3v) is 3.56. The molecular weight excluding hydrogens is 218 g/mol. The molecule has 1 fully saturated rings. The fourth-order valence-corrected chi connectivity index (χ4v) is 2.15. The lowest BCUT2D eigenvalue weighted by atomic mass is 10.2. The monoisotopic (exact) mass is 231 g/mol. The first-order valence-corrected chi connectivity index (χ1v) is 6.50. The van der Waals surface area contributed by atoms with Crippen LogP contribution in [0.1, 0.15) is 6.04 Å². The lowest BCUT2D eigenvalue weighted by molar-refractivity contribution is 0.144. The zero-order valence-electron chi connectivity index (χ0n) is 8.29. The summed E-state index contributed by atoms with van der Waals surface area (Å²) in [5.74, 6) is 0. The summed E-state index contributed by atoms with van der Waals surface area (Å²) in [6, 6.07) is -0.180. The summed E-state index contributed by atoms with van der Waals surface area (Å²) in [5.41, 5.74) is 0. The number of rotatable bonds is 2. The van der Waals surface area contributed by atoms with Crippen LogP contribution in [0.25, 0.3) is 0 Å². The Morgan fingerprint density at radius 1 is 1.60 bits per heavy atom. The number of aliphatic hydroxyl groups excluding tert-OH is 1. The Labute approximate surface area is 87.8 Å². The molecule has 2 N–H and O–H groups in total. The zero-order valence-corrected chi connectivity index (χ0v) is 9.11. The van der Waals surface area contributed by atoms with Crippen LogP contribution in [0, 0.1) is 0 Å². The van der Waals surface area contributed by atoms with Gasteiger partial charge in [0.05, 0.1) is 18.3 Å². The van der Waals surface area contributed by atoms with E-state index < -0.39 is 15.9 Å². The Morgan fingerprint density at radius 3 is 2.80 bits per heavy atom. The van der Waals surface area contributed by atoms with Crippen molar-refractivity contribution in [3.63, 3.8) is 0 Å². The summed E-state index contributed by atoms with van der Waals surface area (Å²) >= 11 is 0. The van der Waals surface area contributed by atoms with Gasteiger partial charge in [0.25, 0.3) is 0 Å². The predicted octanol–water partition coefficient (Wildman–Crippen LogP) is -1.21. The smallest absolute Gasteiger partial charge is 0.178 e. The molecular formula is C8H13N3O3S. The van der Waals surface area contributed by atoms with Gasteiger partial charge in [-0.25, -0.2) is 8.42 Å². The minimum absolute atomic E-state index is 0.180. The van der Waals surface area contributed by atoms with Crippen LogP contribution in [-0.4, -0.2) is 48.8 Å². The summed E-state index contributed by atoms with van der Waals surface area (Å²) in [4.78, 5) is 0.182. The van der Waals surface area contributed by atoms with E-state index in [-0.39, 0.29) is 10.9 Å². The largest absolute Gasteiger partial charge is 0.390 e. The minimum Gasteiger partial charge on any atom is -0.390 e. The molecule has 0 saturated carbocycles. The standard InChI is InChI=1S/C8H13N3O3S/c1-15(13,14)6-2-10-11(5-6)7-3-9-4-8(7)12/h2,5,7-9,12H,3-4H2,1H3/t7-,8-/m1/s1. The van der Waals surface area contributed by atoms with Crippen LogP contribution in [0.5, 0.6) is 0 Å². The molecule has 0 bridgehead atoms. The van der Waals surface area contributed by atoms with Crippen LogP contribution in [0.3, 0.4) is 0 Å². The molecule has 1 aromatic rings. The van der Waals surface area contributed by atoms with E-state index in [2.05, 4.69) is 10.4 Å². The van der Waals surface area contributed by atoms with Gasteiger partial charge in [-0.1, -0.05) is 0 Å². The Bertz CT molecular complexity index is 453. The second-order valence-corrected chi connectivity index (χ2v) is 5.74. The Balaban J connectivity index is 2.28. The normalized spacial score (nSPS) is 27.1. The molecule has 2 heterocycles. The van der Waals surface area contributed by atoms with E-state index in [1.165, 1.54) is 17.1 Å². The molecule has 6 nitrogen and oxygen atoms in total. The zero-order chi connectivity index (χ0) is 11.1. The molecule has 15 heavy (non-hydrogen) atoms. The molecule has 1 aliphatic heterocycles. The molecule has 7 heteroatoms. The van der Waals surface area contributed by atoms with Gasteiger partial charge in [0, 0.05) is 25.5 Å². The van der Waals surface area contributed by atoms with Gasteiger partial charge in [-0.3, -0.25) is 4.68 Å². The molecule has 84 valence electrons. The molecule has 2 rings (SSSR count). The minimum atomic E-state index is -3.21. The number of aromatic nitrogens is 2. The van der Waals surface area contributed by atoms with Crippen molar-refractivity contribution in [1.82, 2.24) is 15.1 Å². The molecule has 2 atom stereocenters. The summed E-state index contributed by atoms with van der Waals surface area (Å²) in [6.45, 7) is 1.12. The van der Waals surface area contributed by atoms with Gasteiger partial charge in [-0.05, 0) is 0 Å². The first-order chi connectivity index (χ1) is 6.98. The lowest BCUT2D eigenvalue weighted by Crippen LogP contribution is -2.22.